The van der Waals surface area contributed by atoms with Gasteiger partial charge in [-0.1, -0.05) is 51.8 Å². The SMILES string of the molecule is Clc1ccccc1CSCCOc1cccc(Br)c1. The van der Waals surface area contributed by atoms with Crippen LogP contribution >= 0.6 is 39.3 Å². The summed E-state index contributed by atoms with van der Waals surface area (Å²) in [6, 6.07) is 15.8. The zero-order chi connectivity index (χ0) is 13.5. The lowest BCUT2D eigenvalue weighted by atomic mass is 10.2. The molecule has 0 N–H and O–H groups in total. The van der Waals surface area contributed by atoms with Crippen molar-refractivity contribution in [2.24, 2.45) is 0 Å². The van der Waals surface area contributed by atoms with E-state index < -0.39 is 0 Å². The Morgan fingerprint density at radius 3 is 2.74 bits per heavy atom. The van der Waals surface area contributed by atoms with E-state index in [9.17, 15) is 0 Å². The maximum Gasteiger partial charge on any atom is 0.120 e. The molecule has 0 fully saturated rings. The predicted octanol–water partition coefficient (Wildman–Crippen LogP) is 5.41. The van der Waals surface area contributed by atoms with Crippen LogP contribution in [0.3, 0.4) is 0 Å². The first kappa shape index (κ1) is 14.8. The molecule has 0 aliphatic rings. The Hall–Kier alpha value is -0.640. The average molecular weight is 358 g/mol. The summed E-state index contributed by atoms with van der Waals surface area (Å²) in [6.45, 7) is 0.700. The highest BCUT2D eigenvalue weighted by Gasteiger charge is 1.99. The van der Waals surface area contributed by atoms with E-state index in [0.717, 1.165) is 26.8 Å². The smallest absolute Gasteiger partial charge is 0.120 e. The molecule has 0 bridgehead atoms. The van der Waals surface area contributed by atoms with Gasteiger partial charge in [0.1, 0.15) is 5.75 Å². The van der Waals surface area contributed by atoms with Crippen molar-refractivity contribution in [1.82, 2.24) is 0 Å². The van der Waals surface area contributed by atoms with Crippen molar-refractivity contribution < 1.29 is 4.74 Å². The summed E-state index contributed by atoms with van der Waals surface area (Å²) in [5.41, 5.74) is 1.18. The lowest BCUT2D eigenvalue weighted by molar-refractivity contribution is 0.344. The first-order valence-electron chi connectivity index (χ1n) is 5.95. The van der Waals surface area contributed by atoms with Gasteiger partial charge in [0.2, 0.25) is 0 Å². The lowest BCUT2D eigenvalue weighted by Gasteiger charge is -2.07. The van der Waals surface area contributed by atoms with Gasteiger partial charge in [-0.05, 0) is 29.8 Å². The summed E-state index contributed by atoms with van der Waals surface area (Å²) >= 11 is 11.3. The summed E-state index contributed by atoms with van der Waals surface area (Å²) in [4.78, 5) is 0. The maximum absolute atomic E-state index is 6.10. The van der Waals surface area contributed by atoms with Crippen molar-refractivity contribution in [3.63, 3.8) is 0 Å². The molecule has 0 heterocycles. The van der Waals surface area contributed by atoms with Crippen LogP contribution in [0, 0.1) is 0 Å². The Morgan fingerprint density at radius 1 is 1.11 bits per heavy atom. The second-order valence-corrected chi connectivity index (χ2v) is 6.38. The molecule has 1 nitrogen and oxygen atoms in total. The third-order valence-electron chi connectivity index (χ3n) is 2.51. The molecule has 0 aromatic heterocycles. The van der Waals surface area contributed by atoms with Crippen LogP contribution < -0.4 is 4.74 Å². The van der Waals surface area contributed by atoms with Gasteiger partial charge in [0, 0.05) is 21.0 Å². The van der Waals surface area contributed by atoms with Crippen LogP contribution in [-0.4, -0.2) is 12.4 Å². The highest BCUT2D eigenvalue weighted by molar-refractivity contribution is 9.10. The van der Waals surface area contributed by atoms with Crippen LogP contribution in [0.5, 0.6) is 5.75 Å². The van der Waals surface area contributed by atoms with Crippen LogP contribution in [0.2, 0.25) is 5.02 Å². The van der Waals surface area contributed by atoms with E-state index >= 15 is 0 Å². The Labute approximate surface area is 131 Å². The third kappa shape index (κ3) is 5.09. The standard InChI is InChI=1S/C15H14BrClOS/c16-13-5-3-6-14(10-13)18-8-9-19-11-12-4-1-2-7-15(12)17/h1-7,10H,8-9,11H2. The van der Waals surface area contributed by atoms with Crippen molar-refractivity contribution in [1.29, 1.82) is 0 Å². The second-order valence-electron chi connectivity index (χ2n) is 3.95. The van der Waals surface area contributed by atoms with E-state index in [2.05, 4.69) is 22.0 Å². The first-order chi connectivity index (χ1) is 9.25. The lowest BCUT2D eigenvalue weighted by Crippen LogP contribution is -2.00. The molecular weight excluding hydrogens is 344 g/mol. The average Bonchev–Trinajstić information content (AvgIpc) is 2.40. The molecular formula is C15H14BrClOS. The van der Waals surface area contributed by atoms with Crippen molar-refractivity contribution >= 4 is 39.3 Å². The number of halogens is 2. The minimum Gasteiger partial charge on any atom is -0.493 e. The van der Waals surface area contributed by atoms with Gasteiger partial charge in [0.05, 0.1) is 6.61 Å². The van der Waals surface area contributed by atoms with Crippen LogP contribution in [-0.2, 0) is 5.75 Å². The van der Waals surface area contributed by atoms with Crippen molar-refractivity contribution in [2.75, 3.05) is 12.4 Å². The molecule has 2 aromatic carbocycles. The number of ether oxygens (including phenoxy) is 1. The minimum absolute atomic E-state index is 0.700. The quantitative estimate of drug-likeness (QED) is 0.639. The van der Waals surface area contributed by atoms with Gasteiger partial charge < -0.3 is 4.74 Å². The Kier molecular flexibility index (Phi) is 6.08. The van der Waals surface area contributed by atoms with Crippen molar-refractivity contribution in [3.8, 4) is 5.75 Å². The summed E-state index contributed by atoms with van der Waals surface area (Å²) in [5.74, 6) is 2.76. The van der Waals surface area contributed by atoms with Gasteiger partial charge in [-0.3, -0.25) is 0 Å². The molecule has 19 heavy (non-hydrogen) atoms. The molecule has 2 rings (SSSR count). The zero-order valence-corrected chi connectivity index (χ0v) is 13.5. The fourth-order valence-corrected chi connectivity index (χ4v) is 3.05. The van der Waals surface area contributed by atoms with E-state index in [1.165, 1.54) is 5.56 Å². The number of hydrogen-bond donors (Lipinski definition) is 0. The first-order valence-corrected chi connectivity index (χ1v) is 8.28. The molecule has 2 aromatic rings. The summed E-state index contributed by atoms with van der Waals surface area (Å²) in [7, 11) is 0. The molecule has 0 spiro atoms. The molecule has 0 amide bonds. The van der Waals surface area contributed by atoms with Crippen LogP contribution in [0.25, 0.3) is 0 Å². The molecule has 0 unspecified atom stereocenters. The van der Waals surface area contributed by atoms with Crippen LogP contribution in [0.1, 0.15) is 5.56 Å². The third-order valence-corrected chi connectivity index (χ3v) is 4.34. The monoisotopic (exact) mass is 356 g/mol. The van der Waals surface area contributed by atoms with Gasteiger partial charge in [-0.15, -0.1) is 0 Å². The van der Waals surface area contributed by atoms with Crippen LogP contribution in [0.4, 0.5) is 0 Å². The summed E-state index contributed by atoms with van der Waals surface area (Å²) < 4.78 is 6.71. The molecule has 0 aliphatic heterocycles. The fourth-order valence-electron chi connectivity index (χ4n) is 1.57. The number of hydrogen-bond acceptors (Lipinski definition) is 2. The fraction of sp³-hybridized carbons (Fsp3) is 0.200. The summed E-state index contributed by atoms with van der Waals surface area (Å²) in [5, 5.41) is 0.836. The number of rotatable bonds is 6. The molecule has 0 aliphatic carbocycles. The maximum atomic E-state index is 6.10. The van der Waals surface area contributed by atoms with Gasteiger partial charge in [0.25, 0.3) is 0 Å². The molecule has 0 saturated heterocycles. The minimum atomic E-state index is 0.700. The zero-order valence-electron chi connectivity index (χ0n) is 10.3. The van der Waals surface area contributed by atoms with Crippen LogP contribution in [0.15, 0.2) is 53.0 Å². The largest absolute Gasteiger partial charge is 0.493 e. The Balaban J connectivity index is 1.69. The van der Waals surface area contributed by atoms with Gasteiger partial charge in [-0.25, -0.2) is 0 Å². The van der Waals surface area contributed by atoms with E-state index in [4.69, 9.17) is 16.3 Å². The van der Waals surface area contributed by atoms with E-state index in [-0.39, 0.29) is 0 Å². The highest BCUT2D eigenvalue weighted by Crippen LogP contribution is 2.21. The van der Waals surface area contributed by atoms with Gasteiger partial charge in [0.15, 0.2) is 0 Å². The summed E-state index contributed by atoms with van der Waals surface area (Å²) in [6.07, 6.45) is 0. The van der Waals surface area contributed by atoms with E-state index in [1.54, 1.807) is 0 Å². The number of thioether (sulfide) groups is 1. The Morgan fingerprint density at radius 2 is 1.95 bits per heavy atom. The Bertz CT molecular complexity index is 533. The molecule has 0 saturated carbocycles. The van der Waals surface area contributed by atoms with Gasteiger partial charge >= 0.3 is 0 Å². The predicted molar refractivity (Wildman–Crippen MR) is 87.3 cm³/mol. The van der Waals surface area contributed by atoms with E-state index in [1.807, 2.05) is 54.2 Å². The van der Waals surface area contributed by atoms with Gasteiger partial charge in [-0.2, -0.15) is 11.8 Å². The normalized spacial score (nSPS) is 10.4. The highest BCUT2D eigenvalue weighted by atomic mass is 79.9. The van der Waals surface area contributed by atoms with Crippen molar-refractivity contribution in [2.45, 2.75) is 5.75 Å². The molecule has 4 heteroatoms. The molecule has 0 radical (unpaired) electrons. The molecule has 0 atom stereocenters. The van der Waals surface area contributed by atoms with Crippen molar-refractivity contribution in [3.05, 3.63) is 63.6 Å². The number of benzene rings is 2. The van der Waals surface area contributed by atoms with E-state index in [0.29, 0.717) is 6.61 Å². The molecule has 100 valence electrons. The second kappa shape index (κ2) is 7.83. The topological polar surface area (TPSA) is 9.23 Å².